The quantitative estimate of drug-likeness (QED) is 0.744. The van der Waals surface area contributed by atoms with Gasteiger partial charge in [0.2, 0.25) is 0 Å². The molecule has 1 aliphatic heterocycles. The molecule has 118 valence electrons. The number of likely N-dealkylation sites (tertiary alicyclic amines) is 1. The van der Waals surface area contributed by atoms with Crippen molar-refractivity contribution in [3.05, 3.63) is 24.3 Å². The van der Waals surface area contributed by atoms with Crippen LogP contribution in [0.25, 0.3) is 0 Å². The number of benzene rings is 1. The van der Waals surface area contributed by atoms with Crippen LogP contribution >= 0.6 is 0 Å². The van der Waals surface area contributed by atoms with E-state index in [1.807, 2.05) is 12.1 Å². The summed E-state index contributed by atoms with van der Waals surface area (Å²) in [5.41, 5.74) is 1.39. The highest BCUT2D eigenvalue weighted by molar-refractivity contribution is 7.90. The lowest BCUT2D eigenvalue weighted by Crippen LogP contribution is -2.39. The first kappa shape index (κ1) is 16.1. The number of nitrogens with one attached hydrogen (secondary N) is 2. The van der Waals surface area contributed by atoms with Crippen molar-refractivity contribution in [2.24, 2.45) is 5.14 Å². The molecule has 0 bridgehead atoms. The van der Waals surface area contributed by atoms with Crippen molar-refractivity contribution in [1.29, 1.82) is 0 Å². The molecule has 0 saturated carbocycles. The van der Waals surface area contributed by atoms with Crippen molar-refractivity contribution in [2.75, 3.05) is 29.7 Å². The van der Waals surface area contributed by atoms with Gasteiger partial charge in [-0.05, 0) is 44.0 Å². The maximum absolute atomic E-state index is 11.0. The van der Waals surface area contributed by atoms with Crippen LogP contribution in [0.2, 0.25) is 0 Å². The topological polar surface area (TPSA) is 87.5 Å². The second-order valence-corrected chi connectivity index (χ2v) is 6.78. The van der Waals surface area contributed by atoms with Crippen molar-refractivity contribution < 1.29 is 8.42 Å². The lowest BCUT2D eigenvalue weighted by Gasteiger charge is -2.32. The first-order chi connectivity index (χ1) is 9.96. The molecular weight excluding hydrogens is 288 g/mol. The fourth-order valence-corrected chi connectivity index (χ4v) is 3.15. The van der Waals surface area contributed by atoms with E-state index in [-0.39, 0.29) is 0 Å². The smallest absolute Gasteiger partial charge is 0.296 e. The van der Waals surface area contributed by atoms with Gasteiger partial charge in [-0.3, -0.25) is 4.72 Å². The van der Waals surface area contributed by atoms with Crippen LogP contribution in [0.3, 0.4) is 0 Å². The van der Waals surface area contributed by atoms with E-state index >= 15 is 0 Å². The average molecular weight is 312 g/mol. The van der Waals surface area contributed by atoms with Gasteiger partial charge in [0, 0.05) is 24.8 Å². The molecule has 1 saturated heterocycles. The highest BCUT2D eigenvalue weighted by Crippen LogP contribution is 2.20. The minimum absolute atomic E-state index is 0.433. The van der Waals surface area contributed by atoms with Gasteiger partial charge in [-0.15, -0.1) is 0 Å². The molecule has 1 aliphatic rings. The van der Waals surface area contributed by atoms with Crippen LogP contribution in [0.15, 0.2) is 24.3 Å². The van der Waals surface area contributed by atoms with E-state index in [0.717, 1.165) is 31.6 Å². The zero-order valence-electron chi connectivity index (χ0n) is 12.4. The van der Waals surface area contributed by atoms with E-state index in [2.05, 4.69) is 21.9 Å². The number of anilines is 2. The van der Waals surface area contributed by atoms with Gasteiger partial charge in [-0.25, -0.2) is 5.14 Å². The van der Waals surface area contributed by atoms with Crippen LogP contribution in [0, 0.1) is 0 Å². The van der Waals surface area contributed by atoms with Gasteiger partial charge in [-0.2, -0.15) is 8.42 Å². The molecule has 4 N–H and O–H groups in total. The molecule has 6 nitrogen and oxygen atoms in total. The predicted molar refractivity (Wildman–Crippen MR) is 86.5 cm³/mol. The third-order valence-electron chi connectivity index (χ3n) is 3.62. The maximum Gasteiger partial charge on any atom is 0.296 e. The average Bonchev–Trinajstić information content (AvgIpc) is 2.40. The van der Waals surface area contributed by atoms with Crippen LogP contribution in [0.1, 0.15) is 26.2 Å². The van der Waals surface area contributed by atoms with Gasteiger partial charge in [0.1, 0.15) is 0 Å². The minimum atomic E-state index is -3.73. The van der Waals surface area contributed by atoms with Gasteiger partial charge in [0.05, 0.1) is 5.69 Å². The summed E-state index contributed by atoms with van der Waals surface area (Å²) in [7, 11) is -3.73. The normalized spacial score (nSPS) is 17.6. The lowest BCUT2D eigenvalue weighted by molar-refractivity contribution is 0.219. The summed E-state index contributed by atoms with van der Waals surface area (Å²) in [4.78, 5) is 2.48. The molecule has 7 heteroatoms. The van der Waals surface area contributed by atoms with E-state index < -0.39 is 10.2 Å². The van der Waals surface area contributed by atoms with E-state index in [0.29, 0.717) is 11.7 Å². The second kappa shape index (κ2) is 7.11. The number of piperidine rings is 1. The Morgan fingerprint density at radius 2 is 1.95 bits per heavy atom. The van der Waals surface area contributed by atoms with Crippen molar-refractivity contribution in [3.8, 4) is 0 Å². The lowest BCUT2D eigenvalue weighted by atomic mass is 10.0. The van der Waals surface area contributed by atoms with Gasteiger partial charge < -0.3 is 10.2 Å². The highest BCUT2D eigenvalue weighted by Gasteiger charge is 2.18. The summed E-state index contributed by atoms with van der Waals surface area (Å²) in [6.45, 7) is 5.59. The number of hydrogen-bond acceptors (Lipinski definition) is 4. The number of hydrogen-bond donors (Lipinski definition) is 3. The number of rotatable bonds is 6. The van der Waals surface area contributed by atoms with Crippen molar-refractivity contribution >= 4 is 21.6 Å². The Balaban J connectivity index is 1.90. The molecule has 0 atom stereocenters. The third-order valence-corrected chi connectivity index (χ3v) is 4.14. The van der Waals surface area contributed by atoms with Crippen molar-refractivity contribution in [2.45, 2.75) is 32.2 Å². The summed E-state index contributed by atoms with van der Waals surface area (Å²) in [5.74, 6) is 0. The summed E-state index contributed by atoms with van der Waals surface area (Å²) >= 11 is 0. The molecule has 0 spiro atoms. The van der Waals surface area contributed by atoms with Gasteiger partial charge in [-0.1, -0.05) is 13.0 Å². The van der Waals surface area contributed by atoms with Crippen LogP contribution in [0.4, 0.5) is 11.4 Å². The van der Waals surface area contributed by atoms with Gasteiger partial charge >= 0.3 is 0 Å². The van der Waals surface area contributed by atoms with E-state index in [9.17, 15) is 8.42 Å². The zero-order chi connectivity index (χ0) is 15.3. The SMILES string of the molecule is CCCN1CCC(Nc2cccc(NS(N)(=O)=O)c2)CC1. The van der Waals surface area contributed by atoms with Crippen LogP contribution in [0.5, 0.6) is 0 Å². The van der Waals surface area contributed by atoms with Crippen molar-refractivity contribution in [1.82, 2.24) is 4.90 Å². The molecule has 0 aliphatic carbocycles. The largest absolute Gasteiger partial charge is 0.382 e. The Hall–Kier alpha value is -1.31. The molecule has 1 aromatic carbocycles. The summed E-state index contributed by atoms with van der Waals surface area (Å²) < 4.78 is 24.4. The van der Waals surface area contributed by atoms with Gasteiger partial charge in [0.15, 0.2) is 0 Å². The zero-order valence-corrected chi connectivity index (χ0v) is 13.2. The van der Waals surface area contributed by atoms with Crippen LogP contribution < -0.4 is 15.2 Å². The van der Waals surface area contributed by atoms with E-state index in [4.69, 9.17) is 5.14 Å². The minimum Gasteiger partial charge on any atom is -0.382 e. The Morgan fingerprint density at radius 1 is 1.29 bits per heavy atom. The highest BCUT2D eigenvalue weighted by atomic mass is 32.2. The third kappa shape index (κ3) is 5.53. The van der Waals surface area contributed by atoms with E-state index in [1.54, 1.807) is 12.1 Å². The van der Waals surface area contributed by atoms with Crippen LogP contribution in [-0.4, -0.2) is 39.0 Å². The molecule has 1 aromatic rings. The molecule has 0 amide bonds. The summed E-state index contributed by atoms with van der Waals surface area (Å²) in [6, 6.07) is 7.62. The molecule has 0 radical (unpaired) electrons. The predicted octanol–water partition coefficient (Wildman–Crippen LogP) is 1.59. The Labute approximate surface area is 126 Å². The Kier molecular flexibility index (Phi) is 5.44. The monoisotopic (exact) mass is 312 g/mol. The first-order valence-corrected chi connectivity index (χ1v) is 8.90. The van der Waals surface area contributed by atoms with Crippen LogP contribution in [-0.2, 0) is 10.2 Å². The standard InChI is InChI=1S/C14H24N4O2S/c1-2-8-18-9-6-12(7-10-18)16-13-4-3-5-14(11-13)17-21(15,19)20/h3-5,11-12,16-17H,2,6-10H2,1H3,(H2,15,19,20). The summed E-state index contributed by atoms with van der Waals surface area (Å²) in [6.07, 6.45) is 3.40. The molecule has 1 fully saturated rings. The molecule has 1 heterocycles. The maximum atomic E-state index is 11.0. The van der Waals surface area contributed by atoms with Gasteiger partial charge in [0.25, 0.3) is 10.2 Å². The molecule has 21 heavy (non-hydrogen) atoms. The summed E-state index contributed by atoms with van der Waals surface area (Å²) in [5, 5.41) is 8.45. The second-order valence-electron chi connectivity index (χ2n) is 5.49. The fourth-order valence-electron chi connectivity index (χ4n) is 2.69. The van der Waals surface area contributed by atoms with E-state index in [1.165, 1.54) is 13.0 Å². The fraction of sp³-hybridized carbons (Fsp3) is 0.571. The number of nitrogens with zero attached hydrogens (tertiary/aromatic N) is 1. The number of nitrogens with two attached hydrogens (primary N) is 1. The molecule has 0 unspecified atom stereocenters. The molecular formula is C14H24N4O2S. The molecule has 2 rings (SSSR count). The molecule has 0 aromatic heterocycles. The Morgan fingerprint density at radius 3 is 2.57 bits per heavy atom. The Bertz CT molecular complexity index is 554. The first-order valence-electron chi connectivity index (χ1n) is 7.36. The van der Waals surface area contributed by atoms with Crippen molar-refractivity contribution in [3.63, 3.8) is 0 Å².